The molecular formula is C23H22FNO2. The molecule has 0 unspecified atom stereocenters. The van der Waals surface area contributed by atoms with E-state index in [2.05, 4.69) is 17.4 Å². The summed E-state index contributed by atoms with van der Waals surface area (Å²) in [4.78, 5) is 0. The Balaban J connectivity index is 1.68. The molecule has 4 rings (SSSR count). The summed E-state index contributed by atoms with van der Waals surface area (Å²) in [5.41, 5.74) is 2.92. The van der Waals surface area contributed by atoms with E-state index in [1.807, 2.05) is 42.5 Å². The first-order valence-electron chi connectivity index (χ1n) is 9.20. The van der Waals surface area contributed by atoms with Crippen LogP contribution in [0.25, 0.3) is 11.1 Å². The minimum absolute atomic E-state index is 0.0811. The van der Waals surface area contributed by atoms with Gasteiger partial charge in [-0.3, -0.25) is 0 Å². The summed E-state index contributed by atoms with van der Waals surface area (Å²) >= 11 is 0. The van der Waals surface area contributed by atoms with Crippen LogP contribution >= 0.6 is 0 Å². The van der Waals surface area contributed by atoms with Crippen LogP contribution in [0.2, 0.25) is 0 Å². The van der Waals surface area contributed by atoms with Crippen molar-refractivity contribution in [1.29, 1.82) is 0 Å². The molecule has 0 aliphatic carbocycles. The van der Waals surface area contributed by atoms with E-state index in [4.69, 9.17) is 9.47 Å². The van der Waals surface area contributed by atoms with Crippen LogP contribution in [0.1, 0.15) is 11.7 Å². The average Bonchev–Trinajstić information content (AvgIpc) is 2.74. The fourth-order valence-electron chi connectivity index (χ4n) is 3.36. The second-order valence-electron chi connectivity index (χ2n) is 6.57. The van der Waals surface area contributed by atoms with Gasteiger partial charge >= 0.3 is 0 Å². The maximum atomic E-state index is 13.3. The number of para-hydroxylation sites is 1. The first-order valence-corrected chi connectivity index (χ1v) is 9.20. The Bertz CT molecular complexity index is 861. The zero-order valence-electron chi connectivity index (χ0n) is 15.0. The van der Waals surface area contributed by atoms with Crippen LogP contribution in [0.5, 0.6) is 5.75 Å². The zero-order valence-corrected chi connectivity index (χ0v) is 15.0. The van der Waals surface area contributed by atoms with E-state index in [-0.39, 0.29) is 18.0 Å². The lowest BCUT2D eigenvalue weighted by molar-refractivity contribution is -0.0430. The van der Waals surface area contributed by atoms with Crippen LogP contribution in [0, 0.1) is 5.82 Å². The molecule has 0 amide bonds. The smallest absolute Gasteiger partial charge is 0.151 e. The molecule has 1 saturated heterocycles. The quantitative estimate of drug-likeness (QED) is 0.719. The Morgan fingerprint density at radius 1 is 0.926 bits per heavy atom. The standard InChI is InChI=1S/C23H22FNO2/c24-19-12-10-17(11-13-19)20-8-4-5-9-21(20)27-23(18-6-2-1-3-7-18)22-16-25-14-15-26-22/h1-13,22-23,25H,14-16H2/t22-,23-/m0/s1. The van der Waals surface area contributed by atoms with Crippen molar-refractivity contribution in [3.8, 4) is 16.9 Å². The van der Waals surface area contributed by atoms with Gasteiger partial charge in [0, 0.05) is 18.7 Å². The number of halogens is 1. The van der Waals surface area contributed by atoms with Gasteiger partial charge in [-0.2, -0.15) is 0 Å². The van der Waals surface area contributed by atoms with Gasteiger partial charge in [-0.1, -0.05) is 60.7 Å². The fraction of sp³-hybridized carbons (Fsp3) is 0.217. The molecule has 2 atom stereocenters. The summed E-state index contributed by atoms with van der Waals surface area (Å²) in [7, 11) is 0. The molecule has 3 nitrogen and oxygen atoms in total. The lowest BCUT2D eigenvalue weighted by Gasteiger charge is -2.32. The molecule has 138 valence electrons. The van der Waals surface area contributed by atoms with Crippen molar-refractivity contribution in [1.82, 2.24) is 5.32 Å². The second-order valence-corrected chi connectivity index (χ2v) is 6.57. The first-order chi connectivity index (χ1) is 13.3. The van der Waals surface area contributed by atoms with E-state index in [9.17, 15) is 4.39 Å². The largest absolute Gasteiger partial charge is 0.482 e. The van der Waals surface area contributed by atoms with E-state index in [1.54, 1.807) is 12.1 Å². The molecule has 0 saturated carbocycles. The monoisotopic (exact) mass is 363 g/mol. The van der Waals surface area contributed by atoms with Crippen molar-refractivity contribution in [3.05, 3.63) is 90.2 Å². The Morgan fingerprint density at radius 2 is 1.67 bits per heavy atom. The van der Waals surface area contributed by atoms with Crippen molar-refractivity contribution in [2.24, 2.45) is 0 Å². The Hall–Kier alpha value is -2.69. The Morgan fingerprint density at radius 3 is 2.41 bits per heavy atom. The Kier molecular flexibility index (Phi) is 5.47. The van der Waals surface area contributed by atoms with Gasteiger partial charge < -0.3 is 14.8 Å². The van der Waals surface area contributed by atoms with Gasteiger partial charge in [-0.15, -0.1) is 0 Å². The molecular weight excluding hydrogens is 341 g/mol. The number of hydrogen-bond donors (Lipinski definition) is 1. The molecule has 0 radical (unpaired) electrons. The highest BCUT2D eigenvalue weighted by molar-refractivity contribution is 5.70. The van der Waals surface area contributed by atoms with E-state index in [1.165, 1.54) is 12.1 Å². The minimum atomic E-state index is -0.249. The van der Waals surface area contributed by atoms with Crippen LogP contribution < -0.4 is 10.1 Å². The average molecular weight is 363 g/mol. The topological polar surface area (TPSA) is 30.5 Å². The van der Waals surface area contributed by atoms with Crippen molar-refractivity contribution in [2.75, 3.05) is 19.7 Å². The second kappa shape index (κ2) is 8.33. The summed E-state index contributed by atoms with van der Waals surface area (Å²) in [6.45, 7) is 2.25. The van der Waals surface area contributed by atoms with Gasteiger partial charge in [0.05, 0.1) is 6.61 Å². The number of nitrogens with one attached hydrogen (secondary N) is 1. The third kappa shape index (κ3) is 4.18. The molecule has 0 spiro atoms. The van der Waals surface area contributed by atoms with Crippen LogP contribution in [-0.2, 0) is 4.74 Å². The van der Waals surface area contributed by atoms with Gasteiger partial charge in [-0.05, 0) is 29.3 Å². The number of benzene rings is 3. The molecule has 3 aromatic rings. The lowest BCUT2D eigenvalue weighted by atomic mass is 10.0. The number of morpholine rings is 1. The Labute approximate surface area is 158 Å². The predicted molar refractivity (Wildman–Crippen MR) is 104 cm³/mol. The highest BCUT2D eigenvalue weighted by atomic mass is 19.1. The van der Waals surface area contributed by atoms with E-state index in [0.717, 1.165) is 35.5 Å². The van der Waals surface area contributed by atoms with Crippen LogP contribution in [0.4, 0.5) is 4.39 Å². The van der Waals surface area contributed by atoms with Gasteiger partial charge in [0.2, 0.25) is 0 Å². The highest BCUT2D eigenvalue weighted by Crippen LogP contribution is 2.35. The molecule has 4 heteroatoms. The van der Waals surface area contributed by atoms with Crippen molar-refractivity contribution < 1.29 is 13.9 Å². The highest BCUT2D eigenvalue weighted by Gasteiger charge is 2.28. The zero-order chi connectivity index (χ0) is 18.5. The van der Waals surface area contributed by atoms with E-state index < -0.39 is 0 Å². The third-order valence-corrected chi connectivity index (χ3v) is 4.72. The molecule has 1 aliphatic heterocycles. The molecule has 0 aromatic heterocycles. The van der Waals surface area contributed by atoms with Gasteiger partial charge in [0.15, 0.2) is 6.10 Å². The maximum Gasteiger partial charge on any atom is 0.151 e. The fourth-order valence-corrected chi connectivity index (χ4v) is 3.36. The minimum Gasteiger partial charge on any atom is -0.482 e. The molecule has 1 fully saturated rings. The van der Waals surface area contributed by atoms with Gasteiger partial charge in [0.1, 0.15) is 17.7 Å². The molecule has 3 aromatic carbocycles. The van der Waals surface area contributed by atoms with E-state index >= 15 is 0 Å². The number of rotatable bonds is 5. The molecule has 27 heavy (non-hydrogen) atoms. The van der Waals surface area contributed by atoms with Gasteiger partial charge in [0.25, 0.3) is 0 Å². The van der Waals surface area contributed by atoms with Crippen LogP contribution in [0.3, 0.4) is 0 Å². The summed E-state index contributed by atoms with van der Waals surface area (Å²) in [6, 6.07) is 24.5. The van der Waals surface area contributed by atoms with Crippen molar-refractivity contribution in [2.45, 2.75) is 12.2 Å². The van der Waals surface area contributed by atoms with Crippen molar-refractivity contribution >= 4 is 0 Å². The first kappa shape index (κ1) is 17.7. The van der Waals surface area contributed by atoms with E-state index in [0.29, 0.717) is 6.61 Å². The van der Waals surface area contributed by atoms with Crippen LogP contribution in [-0.4, -0.2) is 25.8 Å². The molecule has 1 aliphatic rings. The predicted octanol–water partition coefficient (Wildman–Crippen LogP) is 4.60. The SMILES string of the molecule is Fc1ccc(-c2ccccc2O[C@@H](c2ccccc2)[C@@H]2CNCCO2)cc1. The van der Waals surface area contributed by atoms with Crippen molar-refractivity contribution in [3.63, 3.8) is 0 Å². The molecule has 1 N–H and O–H groups in total. The number of hydrogen-bond acceptors (Lipinski definition) is 3. The molecule has 1 heterocycles. The van der Waals surface area contributed by atoms with Gasteiger partial charge in [-0.25, -0.2) is 4.39 Å². The summed E-state index contributed by atoms with van der Waals surface area (Å²) in [5, 5.41) is 3.38. The number of ether oxygens (including phenoxy) is 2. The molecule has 0 bridgehead atoms. The lowest BCUT2D eigenvalue weighted by Crippen LogP contribution is -2.43. The normalized spacial score (nSPS) is 18.0. The summed E-state index contributed by atoms with van der Waals surface area (Å²) in [6.07, 6.45) is -0.317. The maximum absolute atomic E-state index is 13.3. The van der Waals surface area contributed by atoms with Crippen LogP contribution in [0.15, 0.2) is 78.9 Å². The summed E-state index contributed by atoms with van der Waals surface area (Å²) in [5.74, 6) is 0.508. The summed E-state index contributed by atoms with van der Waals surface area (Å²) < 4.78 is 25.8. The third-order valence-electron chi connectivity index (χ3n) is 4.72.